The molecule has 3 rings (SSSR count). The fourth-order valence-corrected chi connectivity index (χ4v) is 4.09. The molecule has 0 aromatic heterocycles. The number of nitrogens with zero attached hydrogens (tertiary/aromatic N) is 1. The normalized spacial score (nSPS) is 16.1. The van der Waals surface area contributed by atoms with Gasteiger partial charge in [0.05, 0.1) is 27.9 Å². The molecule has 154 valence electrons. The molecule has 0 radical (unpaired) electrons. The zero-order valence-corrected chi connectivity index (χ0v) is 17.0. The van der Waals surface area contributed by atoms with Gasteiger partial charge in [-0.05, 0) is 36.4 Å². The molecule has 0 fully saturated rings. The van der Waals surface area contributed by atoms with Crippen molar-refractivity contribution in [2.45, 2.75) is 22.7 Å². The minimum atomic E-state index is -4.53. The number of carbonyl (C=O) groups excluding carboxylic acids is 2. The van der Waals surface area contributed by atoms with Gasteiger partial charge < -0.3 is 15.5 Å². The summed E-state index contributed by atoms with van der Waals surface area (Å²) in [5, 5.41) is 4.97. The van der Waals surface area contributed by atoms with E-state index in [2.05, 4.69) is 10.6 Å². The predicted octanol–water partition coefficient (Wildman–Crippen LogP) is 4.87. The Morgan fingerprint density at radius 2 is 1.97 bits per heavy atom. The highest BCUT2D eigenvalue weighted by Crippen LogP contribution is 2.39. The monoisotopic (exact) mass is 443 g/mol. The Morgan fingerprint density at radius 1 is 1.24 bits per heavy atom. The fraction of sp³-hybridized carbons (Fsp3) is 0.263. The lowest BCUT2D eigenvalue weighted by atomic mass is 10.1. The van der Waals surface area contributed by atoms with Crippen molar-refractivity contribution in [2.75, 3.05) is 29.6 Å². The summed E-state index contributed by atoms with van der Waals surface area (Å²) in [6.45, 7) is 0. The standard InChI is InChI=1S/C19H17ClF3N3O2S/c1-26(2)14-5-3-10(19(21,22)23)7-12(14)24-17(27)9-16-18(28)25-13-8-11(20)4-6-15(13)29-16/h3-8,16H,9H2,1-2H3,(H,24,27)(H,25,28). The van der Waals surface area contributed by atoms with Gasteiger partial charge in [-0.15, -0.1) is 11.8 Å². The van der Waals surface area contributed by atoms with Gasteiger partial charge in [-0.3, -0.25) is 9.59 Å². The molecule has 2 aromatic carbocycles. The van der Waals surface area contributed by atoms with E-state index < -0.39 is 22.9 Å². The third kappa shape index (κ3) is 4.97. The summed E-state index contributed by atoms with van der Waals surface area (Å²) in [6, 6.07) is 8.16. The Hall–Kier alpha value is -2.39. The molecule has 1 aliphatic rings. The van der Waals surface area contributed by atoms with Gasteiger partial charge in [0.25, 0.3) is 0 Å². The number of hydrogen-bond acceptors (Lipinski definition) is 4. The van der Waals surface area contributed by atoms with E-state index in [4.69, 9.17) is 11.6 Å². The molecular weight excluding hydrogens is 427 g/mol. The predicted molar refractivity (Wildman–Crippen MR) is 109 cm³/mol. The number of alkyl halides is 3. The van der Waals surface area contributed by atoms with E-state index in [0.717, 1.165) is 17.0 Å². The van der Waals surface area contributed by atoms with Gasteiger partial charge in [0.15, 0.2) is 0 Å². The van der Waals surface area contributed by atoms with Gasteiger partial charge in [-0.1, -0.05) is 11.6 Å². The van der Waals surface area contributed by atoms with Gasteiger partial charge in [0.1, 0.15) is 0 Å². The highest BCUT2D eigenvalue weighted by molar-refractivity contribution is 8.01. The van der Waals surface area contributed by atoms with E-state index in [-0.39, 0.29) is 18.0 Å². The van der Waals surface area contributed by atoms with E-state index in [1.807, 2.05) is 0 Å². The molecule has 1 unspecified atom stereocenters. The molecule has 1 heterocycles. The largest absolute Gasteiger partial charge is 0.416 e. The molecule has 2 amide bonds. The first-order valence-electron chi connectivity index (χ1n) is 8.50. The average molecular weight is 444 g/mol. The van der Waals surface area contributed by atoms with E-state index >= 15 is 0 Å². The van der Waals surface area contributed by atoms with Crippen LogP contribution >= 0.6 is 23.4 Å². The van der Waals surface area contributed by atoms with Crippen LogP contribution in [-0.2, 0) is 15.8 Å². The zero-order valence-electron chi connectivity index (χ0n) is 15.4. The van der Waals surface area contributed by atoms with E-state index in [9.17, 15) is 22.8 Å². The maximum Gasteiger partial charge on any atom is 0.416 e. The number of halogens is 4. The van der Waals surface area contributed by atoms with Gasteiger partial charge in [-0.2, -0.15) is 13.2 Å². The highest BCUT2D eigenvalue weighted by atomic mass is 35.5. The summed E-state index contributed by atoms with van der Waals surface area (Å²) >= 11 is 7.12. The molecule has 10 heteroatoms. The first kappa shape index (κ1) is 21.3. The average Bonchev–Trinajstić information content (AvgIpc) is 2.61. The molecular formula is C19H17ClF3N3O2S. The number of thioether (sulfide) groups is 1. The van der Waals surface area contributed by atoms with Crippen LogP contribution in [0.3, 0.4) is 0 Å². The summed E-state index contributed by atoms with van der Waals surface area (Å²) in [6.07, 6.45) is -4.73. The van der Waals surface area contributed by atoms with Crippen LogP contribution < -0.4 is 15.5 Å². The van der Waals surface area contributed by atoms with Crippen LogP contribution in [0.1, 0.15) is 12.0 Å². The summed E-state index contributed by atoms with van der Waals surface area (Å²) in [5.74, 6) is -0.922. The van der Waals surface area contributed by atoms with Crippen molar-refractivity contribution >= 4 is 52.2 Å². The third-order valence-corrected chi connectivity index (χ3v) is 5.72. The molecule has 29 heavy (non-hydrogen) atoms. The van der Waals surface area contributed by atoms with Gasteiger partial charge in [0, 0.05) is 30.4 Å². The summed E-state index contributed by atoms with van der Waals surface area (Å²) in [4.78, 5) is 27.2. The Balaban J connectivity index is 1.77. The van der Waals surface area contributed by atoms with Crippen molar-refractivity contribution in [1.82, 2.24) is 0 Å². The molecule has 0 aliphatic carbocycles. The SMILES string of the molecule is CN(C)c1ccc(C(F)(F)F)cc1NC(=O)CC1Sc2ccc(Cl)cc2NC1=O. The van der Waals surface area contributed by atoms with Crippen molar-refractivity contribution in [3.05, 3.63) is 47.0 Å². The maximum absolute atomic E-state index is 13.0. The summed E-state index contributed by atoms with van der Waals surface area (Å²) in [5.41, 5.74) is 0.154. The third-order valence-electron chi connectivity index (χ3n) is 4.21. The van der Waals surface area contributed by atoms with Crippen LogP contribution in [0.2, 0.25) is 5.02 Å². The number of fused-ring (bicyclic) bond motifs is 1. The van der Waals surface area contributed by atoms with E-state index in [1.165, 1.54) is 17.8 Å². The van der Waals surface area contributed by atoms with Gasteiger partial charge >= 0.3 is 6.18 Å². The van der Waals surface area contributed by atoms with Crippen LogP contribution in [-0.4, -0.2) is 31.2 Å². The number of rotatable bonds is 4. The zero-order chi connectivity index (χ0) is 21.3. The van der Waals surface area contributed by atoms with Crippen LogP contribution in [0.5, 0.6) is 0 Å². The van der Waals surface area contributed by atoms with Crippen LogP contribution in [0, 0.1) is 0 Å². The molecule has 1 aliphatic heterocycles. The Morgan fingerprint density at radius 3 is 2.62 bits per heavy atom. The molecule has 1 atom stereocenters. The van der Waals surface area contributed by atoms with E-state index in [1.54, 1.807) is 37.2 Å². The maximum atomic E-state index is 13.0. The molecule has 2 aromatic rings. The first-order valence-corrected chi connectivity index (χ1v) is 9.76. The van der Waals surface area contributed by atoms with Crippen LogP contribution in [0.15, 0.2) is 41.3 Å². The fourth-order valence-electron chi connectivity index (χ4n) is 2.83. The molecule has 0 bridgehead atoms. The second kappa shape index (κ2) is 8.16. The lowest BCUT2D eigenvalue weighted by Gasteiger charge is -2.24. The number of nitrogens with one attached hydrogen (secondary N) is 2. The number of benzene rings is 2. The van der Waals surface area contributed by atoms with Crippen molar-refractivity contribution in [3.63, 3.8) is 0 Å². The lowest BCUT2D eigenvalue weighted by molar-refractivity contribution is -0.137. The minimum Gasteiger partial charge on any atom is -0.376 e. The molecule has 0 saturated heterocycles. The number of carbonyl (C=O) groups is 2. The number of anilines is 3. The Labute approximate surface area is 174 Å². The van der Waals surface area contributed by atoms with Crippen molar-refractivity contribution < 1.29 is 22.8 Å². The van der Waals surface area contributed by atoms with Crippen LogP contribution in [0.4, 0.5) is 30.2 Å². The molecule has 2 N–H and O–H groups in total. The quantitative estimate of drug-likeness (QED) is 0.708. The van der Waals surface area contributed by atoms with Crippen molar-refractivity contribution in [3.8, 4) is 0 Å². The van der Waals surface area contributed by atoms with Crippen molar-refractivity contribution in [1.29, 1.82) is 0 Å². The number of hydrogen-bond donors (Lipinski definition) is 2. The van der Waals surface area contributed by atoms with Gasteiger partial charge in [0.2, 0.25) is 11.8 Å². The molecule has 0 saturated carbocycles. The second-order valence-corrected chi connectivity index (χ2v) is 8.29. The minimum absolute atomic E-state index is 0.0308. The Bertz CT molecular complexity index is 966. The summed E-state index contributed by atoms with van der Waals surface area (Å²) < 4.78 is 39.1. The highest BCUT2D eigenvalue weighted by Gasteiger charge is 2.32. The van der Waals surface area contributed by atoms with Gasteiger partial charge in [-0.25, -0.2) is 0 Å². The lowest BCUT2D eigenvalue weighted by Crippen LogP contribution is -2.32. The summed E-state index contributed by atoms with van der Waals surface area (Å²) in [7, 11) is 3.31. The number of amides is 2. The molecule has 5 nitrogen and oxygen atoms in total. The molecule has 0 spiro atoms. The smallest absolute Gasteiger partial charge is 0.376 e. The second-order valence-electron chi connectivity index (χ2n) is 6.61. The van der Waals surface area contributed by atoms with Crippen molar-refractivity contribution in [2.24, 2.45) is 0 Å². The topological polar surface area (TPSA) is 61.4 Å². The van der Waals surface area contributed by atoms with E-state index in [0.29, 0.717) is 16.4 Å². The first-order chi connectivity index (χ1) is 13.5. The Kier molecular flexibility index (Phi) is 6.00. The van der Waals surface area contributed by atoms with Crippen LogP contribution in [0.25, 0.3) is 0 Å².